The third-order valence-corrected chi connectivity index (χ3v) is 7.93. The van der Waals surface area contributed by atoms with Crippen LogP contribution in [-0.4, -0.2) is 71.7 Å². The predicted octanol–water partition coefficient (Wildman–Crippen LogP) is 1.79. The third-order valence-electron chi connectivity index (χ3n) is 7.93. The summed E-state index contributed by atoms with van der Waals surface area (Å²) >= 11 is 0. The van der Waals surface area contributed by atoms with Crippen molar-refractivity contribution >= 4 is 5.91 Å². The average molecular weight is 475 g/mol. The summed E-state index contributed by atoms with van der Waals surface area (Å²) in [5, 5.41) is 6.44. The number of fused-ring (bicyclic) bond motifs is 6. The SMILES string of the molecule is O=C1NCC2(CNC2)c2[nH]c3c(c21)CCc1cnc(-c2ccc(CN4CCOCC4)c(F)c2)nc1-3. The fourth-order valence-corrected chi connectivity index (χ4v) is 5.81. The molecule has 1 aliphatic carbocycles. The number of halogens is 1. The first-order valence-corrected chi connectivity index (χ1v) is 12.3. The van der Waals surface area contributed by atoms with E-state index in [0.29, 0.717) is 43.3 Å². The molecule has 1 aromatic carbocycles. The van der Waals surface area contributed by atoms with E-state index in [1.54, 1.807) is 0 Å². The lowest BCUT2D eigenvalue weighted by atomic mass is 9.74. The minimum Gasteiger partial charge on any atom is -0.379 e. The number of aromatic nitrogens is 3. The Morgan fingerprint density at radius 2 is 2.00 bits per heavy atom. The first-order valence-electron chi connectivity index (χ1n) is 12.3. The highest BCUT2D eigenvalue weighted by Crippen LogP contribution is 2.42. The average Bonchev–Trinajstić information content (AvgIpc) is 3.26. The largest absolute Gasteiger partial charge is 0.379 e. The molecule has 2 fully saturated rings. The molecule has 4 aliphatic rings. The monoisotopic (exact) mass is 474 g/mol. The molecule has 5 heterocycles. The van der Waals surface area contributed by atoms with E-state index in [9.17, 15) is 4.79 Å². The Bertz CT molecular complexity index is 1340. The molecule has 3 aliphatic heterocycles. The lowest BCUT2D eigenvalue weighted by Crippen LogP contribution is -2.64. The number of aryl methyl sites for hydroxylation is 1. The molecule has 9 heteroatoms. The van der Waals surface area contributed by atoms with Gasteiger partial charge in [0.05, 0.1) is 35.6 Å². The van der Waals surface area contributed by atoms with Gasteiger partial charge in [-0.05, 0) is 30.0 Å². The minimum absolute atomic E-state index is 0.00863. The van der Waals surface area contributed by atoms with Crippen molar-refractivity contribution in [2.24, 2.45) is 0 Å². The second kappa shape index (κ2) is 7.94. The van der Waals surface area contributed by atoms with Gasteiger partial charge in [0.2, 0.25) is 0 Å². The smallest absolute Gasteiger partial charge is 0.253 e. The van der Waals surface area contributed by atoms with Gasteiger partial charge < -0.3 is 20.4 Å². The van der Waals surface area contributed by atoms with Gasteiger partial charge in [-0.1, -0.05) is 12.1 Å². The Labute approximate surface area is 202 Å². The molecule has 1 spiro atoms. The molecular weight excluding hydrogens is 447 g/mol. The topological polar surface area (TPSA) is 95.2 Å². The van der Waals surface area contributed by atoms with E-state index < -0.39 is 0 Å². The minimum atomic E-state index is -0.248. The van der Waals surface area contributed by atoms with E-state index in [2.05, 4.69) is 25.5 Å². The van der Waals surface area contributed by atoms with Crippen LogP contribution in [0.25, 0.3) is 22.8 Å². The Morgan fingerprint density at radius 3 is 2.77 bits per heavy atom. The lowest BCUT2D eigenvalue weighted by Gasteiger charge is -2.45. The lowest BCUT2D eigenvalue weighted by molar-refractivity contribution is 0.0337. The molecule has 35 heavy (non-hydrogen) atoms. The number of hydrogen-bond donors (Lipinski definition) is 3. The number of carbonyl (C=O) groups excluding carboxylic acids is 1. The molecule has 8 nitrogen and oxygen atoms in total. The summed E-state index contributed by atoms with van der Waals surface area (Å²) < 4.78 is 20.4. The fourth-order valence-electron chi connectivity index (χ4n) is 5.81. The molecule has 0 radical (unpaired) electrons. The maximum Gasteiger partial charge on any atom is 0.253 e. The molecule has 1 amide bonds. The quantitative estimate of drug-likeness (QED) is 0.536. The molecule has 0 atom stereocenters. The normalized spacial score (nSPS) is 20.5. The highest BCUT2D eigenvalue weighted by molar-refractivity contribution is 6.01. The molecule has 2 saturated heterocycles. The Hall–Kier alpha value is -3.14. The zero-order valence-electron chi connectivity index (χ0n) is 19.4. The molecule has 0 unspecified atom stereocenters. The van der Waals surface area contributed by atoms with Crippen LogP contribution in [-0.2, 0) is 29.5 Å². The number of amides is 1. The summed E-state index contributed by atoms with van der Waals surface area (Å²) in [6.07, 6.45) is 3.40. The Morgan fingerprint density at radius 1 is 1.14 bits per heavy atom. The molecular formula is C26H27FN6O2. The zero-order chi connectivity index (χ0) is 23.6. The fraction of sp³-hybridized carbons (Fsp3) is 0.423. The summed E-state index contributed by atoms with van der Waals surface area (Å²) in [5.74, 6) is 0.235. The van der Waals surface area contributed by atoms with Crippen molar-refractivity contribution in [2.45, 2.75) is 24.8 Å². The highest BCUT2D eigenvalue weighted by atomic mass is 19.1. The van der Waals surface area contributed by atoms with Gasteiger partial charge in [-0.25, -0.2) is 14.4 Å². The Kier molecular flexibility index (Phi) is 4.80. The van der Waals surface area contributed by atoms with Crippen LogP contribution >= 0.6 is 0 Å². The molecule has 3 N–H and O–H groups in total. The number of nitrogens with one attached hydrogen (secondary N) is 3. The molecule has 3 aromatic rings. The van der Waals surface area contributed by atoms with Crippen LogP contribution in [0, 0.1) is 5.82 Å². The van der Waals surface area contributed by atoms with Gasteiger partial charge in [0.15, 0.2) is 5.82 Å². The van der Waals surface area contributed by atoms with E-state index in [0.717, 1.165) is 72.8 Å². The molecule has 7 rings (SSSR count). The maximum absolute atomic E-state index is 15.0. The van der Waals surface area contributed by atoms with Crippen LogP contribution in [0.15, 0.2) is 24.4 Å². The van der Waals surface area contributed by atoms with E-state index in [1.165, 1.54) is 6.07 Å². The summed E-state index contributed by atoms with van der Waals surface area (Å²) in [4.78, 5) is 28.1. The summed E-state index contributed by atoms with van der Waals surface area (Å²) in [5.41, 5.74) is 6.86. The first-order chi connectivity index (χ1) is 17.1. The summed E-state index contributed by atoms with van der Waals surface area (Å²) in [6, 6.07) is 5.26. The van der Waals surface area contributed by atoms with Crippen molar-refractivity contribution in [3.63, 3.8) is 0 Å². The van der Waals surface area contributed by atoms with Gasteiger partial charge >= 0.3 is 0 Å². The number of ether oxygens (including phenoxy) is 1. The van der Waals surface area contributed by atoms with Gasteiger partial charge in [0, 0.05) is 62.3 Å². The highest BCUT2D eigenvalue weighted by Gasteiger charge is 2.47. The summed E-state index contributed by atoms with van der Waals surface area (Å²) in [6.45, 7) is 5.90. The number of rotatable bonds is 3. The van der Waals surface area contributed by atoms with E-state index in [-0.39, 0.29) is 17.1 Å². The van der Waals surface area contributed by atoms with Gasteiger partial charge in [-0.15, -0.1) is 0 Å². The van der Waals surface area contributed by atoms with Gasteiger partial charge in [-0.2, -0.15) is 0 Å². The van der Waals surface area contributed by atoms with Crippen molar-refractivity contribution in [3.8, 4) is 22.8 Å². The van der Waals surface area contributed by atoms with Gasteiger partial charge in [-0.3, -0.25) is 9.69 Å². The van der Waals surface area contributed by atoms with Crippen LogP contribution in [0.3, 0.4) is 0 Å². The Balaban J connectivity index is 1.24. The van der Waals surface area contributed by atoms with Crippen LogP contribution in [0.1, 0.15) is 32.7 Å². The second-order valence-electron chi connectivity index (χ2n) is 10.1. The molecule has 2 aromatic heterocycles. The number of nitrogens with zero attached hydrogens (tertiary/aromatic N) is 3. The van der Waals surface area contributed by atoms with Crippen molar-refractivity contribution in [1.29, 1.82) is 0 Å². The van der Waals surface area contributed by atoms with E-state index in [4.69, 9.17) is 9.72 Å². The number of aromatic amines is 1. The molecule has 180 valence electrons. The van der Waals surface area contributed by atoms with Crippen LogP contribution in [0.5, 0.6) is 0 Å². The van der Waals surface area contributed by atoms with Gasteiger partial charge in [0.1, 0.15) is 5.82 Å². The second-order valence-corrected chi connectivity index (χ2v) is 10.1. The third kappa shape index (κ3) is 3.33. The van der Waals surface area contributed by atoms with Crippen LogP contribution in [0.4, 0.5) is 4.39 Å². The predicted molar refractivity (Wildman–Crippen MR) is 128 cm³/mol. The van der Waals surface area contributed by atoms with Crippen molar-refractivity contribution < 1.29 is 13.9 Å². The number of H-pyrrole nitrogens is 1. The summed E-state index contributed by atoms with van der Waals surface area (Å²) in [7, 11) is 0. The number of morpholine rings is 1. The number of hydrogen-bond acceptors (Lipinski definition) is 6. The number of benzene rings is 1. The van der Waals surface area contributed by atoms with Crippen LogP contribution < -0.4 is 10.6 Å². The first kappa shape index (κ1) is 21.2. The molecule has 0 saturated carbocycles. The van der Waals surface area contributed by atoms with Crippen molar-refractivity contribution in [1.82, 2.24) is 30.5 Å². The van der Waals surface area contributed by atoms with E-state index in [1.807, 2.05) is 18.3 Å². The van der Waals surface area contributed by atoms with Crippen LogP contribution in [0.2, 0.25) is 0 Å². The molecule has 0 bridgehead atoms. The van der Waals surface area contributed by atoms with Gasteiger partial charge in [0.25, 0.3) is 5.91 Å². The van der Waals surface area contributed by atoms with Crippen molar-refractivity contribution in [2.75, 3.05) is 45.9 Å². The zero-order valence-corrected chi connectivity index (χ0v) is 19.4. The van der Waals surface area contributed by atoms with Crippen molar-refractivity contribution in [3.05, 3.63) is 58.2 Å². The van der Waals surface area contributed by atoms with E-state index >= 15 is 4.39 Å². The maximum atomic E-state index is 15.0. The standard InChI is InChI=1S/C26H27FN6O2/c27-19-9-15(1-2-17(19)11-33-5-7-35-8-6-33)24-29-10-16-3-4-18-20-23(31-22(18)21(16)32-24)26(12-28-13-26)14-30-25(20)34/h1-2,9-10,28,31H,3-8,11-14H2,(H,30,34). The number of carbonyl (C=O) groups is 1.